The van der Waals surface area contributed by atoms with Crippen LogP contribution in [-0.2, 0) is 19.1 Å². The van der Waals surface area contributed by atoms with Crippen LogP contribution in [0.4, 0.5) is 0 Å². The smallest absolute Gasteiger partial charge is 0.306 e. The summed E-state index contributed by atoms with van der Waals surface area (Å²) < 4.78 is 10.4. The normalized spacial score (nSPS) is 36.2. The van der Waals surface area contributed by atoms with Crippen molar-refractivity contribution in [2.24, 2.45) is 0 Å². The molecule has 1 aliphatic carbocycles. The lowest BCUT2D eigenvalue weighted by Gasteiger charge is -2.32. The molecule has 0 aromatic heterocycles. The Balaban J connectivity index is 2.04. The Labute approximate surface area is 93.7 Å². The minimum Gasteiger partial charge on any atom is -0.462 e. The number of carbonyl (C=O) groups is 2. The van der Waals surface area contributed by atoms with E-state index in [1.54, 1.807) is 0 Å². The fourth-order valence-corrected chi connectivity index (χ4v) is 2.25. The van der Waals surface area contributed by atoms with E-state index in [1.807, 2.05) is 0 Å². The molecule has 1 aliphatic heterocycles. The lowest BCUT2D eigenvalue weighted by atomic mass is 9.92. The van der Waals surface area contributed by atoms with Crippen molar-refractivity contribution in [3.63, 3.8) is 0 Å². The molecule has 0 aromatic carbocycles. The van der Waals surface area contributed by atoms with E-state index in [2.05, 4.69) is 0 Å². The van der Waals surface area contributed by atoms with Crippen LogP contribution < -0.4 is 0 Å². The van der Waals surface area contributed by atoms with Gasteiger partial charge in [0.25, 0.3) is 0 Å². The van der Waals surface area contributed by atoms with Crippen molar-refractivity contribution >= 4 is 11.9 Å². The minimum absolute atomic E-state index is 0.242. The molecule has 0 aromatic rings. The maximum atomic E-state index is 11.4. The number of esters is 2. The molecule has 90 valence electrons. The summed E-state index contributed by atoms with van der Waals surface area (Å²) in [5, 5.41) is 9.58. The average molecular weight is 228 g/mol. The Morgan fingerprint density at radius 1 is 0.938 bits per heavy atom. The highest BCUT2D eigenvalue weighted by molar-refractivity contribution is 5.73. The largest absolute Gasteiger partial charge is 0.462 e. The highest BCUT2D eigenvalue weighted by atomic mass is 16.6. The first-order valence-corrected chi connectivity index (χ1v) is 5.70. The molecule has 0 amide bonds. The molecule has 2 aliphatic rings. The second-order valence-electron chi connectivity index (χ2n) is 4.44. The monoisotopic (exact) mass is 228 g/mol. The molecule has 2 bridgehead atoms. The van der Waals surface area contributed by atoms with E-state index >= 15 is 0 Å². The quantitative estimate of drug-likeness (QED) is 0.612. The van der Waals surface area contributed by atoms with Gasteiger partial charge >= 0.3 is 11.9 Å². The van der Waals surface area contributed by atoms with Crippen LogP contribution in [0.2, 0.25) is 0 Å². The van der Waals surface area contributed by atoms with E-state index in [0.29, 0.717) is 25.7 Å². The van der Waals surface area contributed by atoms with Crippen LogP contribution in [0.5, 0.6) is 0 Å². The SMILES string of the molecule is O=C1CCCC(=O)OC2CC(O)CC(C2)O1. The van der Waals surface area contributed by atoms with Gasteiger partial charge in [0.2, 0.25) is 0 Å². The van der Waals surface area contributed by atoms with Gasteiger partial charge in [-0.25, -0.2) is 0 Å². The van der Waals surface area contributed by atoms with Crippen LogP contribution in [0, 0.1) is 0 Å². The molecule has 1 saturated heterocycles. The maximum absolute atomic E-state index is 11.4. The Morgan fingerprint density at radius 2 is 1.44 bits per heavy atom. The summed E-state index contributed by atoms with van der Waals surface area (Å²) in [7, 11) is 0. The molecule has 5 nitrogen and oxygen atoms in total. The van der Waals surface area contributed by atoms with Crippen molar-refractivity contribution in [2.75, 3.05) is 0 Å². The van der Waals surface area contributed by atoms with Crippen LogP contribution in [0.15, 0.2) is 0 Å². The van der Waals surface area contributed by atoms with Crippen LogP contribution >= 0.6 is 0 Å². The summed E-state index contributed by atoms with van der Waals surface area (Å²) in [5.41, 5.74) is 0. The van der Waals surface area contributed by atoms with Gasteiger partial charge in [0, 0.05) is 32.1 Å². The molecule has 2 atom stereocenters. The summed E-state index contributed by atoms with van der Waals surface area (Å²) in [4.78, 5) is 22.7. The Hall–Kier alpha value is -1.10. The van der Waals surface area contributed by atoms with Gasteiger partial charge in [-0.05, 0) is 6.42 Å². The fraction of sp³-hybridized carbons (Fsp3) is 0.818. The predicted molar refractivity (Wildman–Crippen MR) is 53.5 cm³/mol. The van der Waals surface area contributed by atoms with E-state index in [0.717, 1.165) is 0 Å². The zero-order valence-corrected chi connectivity index (χ0v) is 9.05. The summed E-state index contributed by atoms with van der Waals surface area (Å²) in [6.07, 6.45) is 1.18. The Morgan fingerprint density at radius 3 is 1.94 bits per heavy atom. The number of hydrogen-bond acceptors (Lipinski definition) is 5. The third-order valence-corrected chi connectivity index (χ3v) is 2.95. The second-order valence-corrected chi connectivity index (χ2v) is 4.44. The fourth-order valence-electron chi connectivity index (χ4n) is 2.25. The van der Waals surface area contributed by atoms with Gasteiger partial charge in [-0.15, -0.1) is 0 Å². The molecular formula is C11H16O5. The standard InChI is InChI=1S/C11H16O5/c12-7-4-8-6-9(5-7)16-11(14)3-1-2-10(13)15-8/h7-9,12H,1-6H2. The van der Waals surface area contributed by atoms with Crippen LogP contribution in [0.25, 0.3) is 0 Å². The molecule has 1 heterocycles. The van der Waals surface area contributed by atoms with E-state index in [9.17, 15) is 14.7 Å². The minimum atomic E-state index is -0.552. The molecule has 0 spiro atoms. The number of ether oxygens (including phenoxy) is 2. The van der Waals surface area contributed by atoms with Crippen molar-refractivity contribution in [3.8, 4) is 0 Å². The van der Waals surface area contributed by atoms with Gasteiger partial charge in [-0.3, -0.25) is 9.59 Å². The first-order chi connectivity index (χ1) is 7.63. The first-order valence-electron chi connectivity index (χ1n) is 5.70. The Kier molecular flexibility index (Phi) is 3.43. The summed E-state index contributed by atoms with van der Waals surface area (Å²) in [6, 6.07) is 0. The number of hydrogen-bond donors (Lipinski definition) is 1. The van der Waals surface area contributed by atoms with E-state index in [-0.39, 0.29) is 37.0 Å². The summed E-state index contributed by atoms with van der Waals surface area (Å²) in [5.74, 6) is -0.569. The van der Waals surface area contributed by atoms with Gasteiger partial charge in [-0.1, -0.05) is 0 Å². The van der Waals surface area contributed by atoms with Crippen LogP contribution in [-0.4, -0.2) is 35.4 Å². The molecule has 2 rings (SSSR count). The van der Waals surface area contributed by atoms with Gasteiger partial charge in [-0.2, -0.15) is 0 Å². The number of rotatable bonds is 0. The molecule has 16 heavy (non-hydrogen) atoms. The van der Waals surface area contributed by atoms with Crippen molar-refractivity contribution in [2.45, 2.75) is 56.8 Å². The van der Waals surface area contributed by atoms with E-state index < -0.39 is 6.10 Å². The number of aliphatic hydroxyl groups excluding tert-OH is 1. The third-order valence-electron chi connectivity index (χ3n) is 2.95. The zero-order chi connectivity index (χ0) is 11.5. The number of fused-ring (bicyclic) bond motifs is 2. The molecule has 0 radical (unpaired) electrons. The molecule has 2 fully saturated rings. The van der Waals surface area contributed by atoms with Crippen molar-refractivity contribution in [3.05, 3.63) is 0 Å². The Bertz CT molecular complexity index is 262. The summed E-state index contributed by atoms with van der Waals surface area (Å²) >= 11 is 0. The van der Waals surface area contributed by atoms with Gasteiger partial charge in [0.1, 0.15) is 12.2 Å². The van der Waals surface area contributed by atoms with Gasteiger partial charge < -0.3 is 14.6 Å². The molecule has 1 saturated carbocycles. The van der Waals surface area contributed by atoms with E-state index in [1.165, 1.54) is 0 Å². The summed E-state index contributed by atoms with van der Waals surface area (Å²) in [6.45, 7) is 0. The first kappa shape index (κ1) is 11.4. The molecule has 2 unspecified atom stereocenters. The van der Waals surface area contributed by atoms with Crippen LogP contribution in [0.1, 0.15) is 38.5 Å². The van der Waals surface area contributed by atoms with Gasteiger partial charge in [0.05, 0.1) is 6.10 Å². The molecule has 1 N–H and O–H groups in total. The van der Waals surface area contributed by atoms with Gasteiger partial charge in [0.15, 0.2) is 0 Å². The van der Waals surface area contributed by atoms with Crippen molar-refractivity contribution in [1.29, 1.82) is 0 Å². The van der Waals surface area contributed by atoms with Crippen LogP contribution in [0.3, 0.4) is 0 Å². The average Bonchev–Trinajstić information content (AvgIpc) is 2.14. The second kappa shape index (κ2) is 4.82. The topological polar surface area (TPSA) is 72.8 Å². The van der Waals surface area contributed by atoms with Crippen molar-refractivity contribution < 1.29 is 24.2 Å². The molecular weight excluding hydrogens is 212 g/mol. The maximum Gasteiger partial charge on any atom is 0.306 e. The number of carbonyl (C=O) groups excluding carboxylic acids is 2. The highest BCUT2D eigenvalue weighted by Crippen LogP contribution is 2.26. The van der Waals surface area contributed by atoms with Crippen molar-refractivity contribution in [1.82, 2.24) is 0 Å². The number of aliphatic hydroxyl groups is 1. The van der Waals surface area contributed by atoms with E-state index in [4.69, 9.17) is 9.47 Å². The zero-order valence-electron chi connectivity index (χ0n) is 9.05. The molecule has 5 heteroatoms. The predicted octanol–water partition coefficient (Wildman–Crippen LogP) is 0.539. The third kappa shape index (κ3) is 2.95. The lowest BCUT2D eigenvalue weighted by molar-refractivity contribution is -0.165. The highest BCUT2D eigenvalue weighted by Gasteiger charge is 2.33. The lowest BCUT2D eigenvalue weighted by Crippen LogP contribution is -2.38.